The quantitative estimate of drug-likeness (QED) is 0.556. The normalized spacial score (nSPS) is 12.5. The molecule has 1 atom stereocenters. The maximum atomic E-state index is 14.2. The fourth-order valence-electron chi connectivity index (χ4n) is 2.46. The number of benzene rings is 2. The van der Waals surface area contributed by atoms with E-state index in [1.54, 1.807) is 6.07 Å². The van der Waals surface area contributed by atoms with Crippen molar-refractivity contribution in [2.45, 2.75) is 25.6 Å². The van der Waals surface area contributed by atoms with Crippen molar-refractivity contribution in [1.82, 2.24) is 0 Å². The molecule has 3 heteroatoms. The monoisotopic (exact) mass is 384 g/mol. The molecule has 0 spiro atoms. The van der Waals surface area contributed by atoms with Gasteiger partial charge in [0, 0.05) is 5.56 Å². The molecular weight excluding hydrogens is 371 g/mol. The molecule has 0 aliphatic carbocycles. The highest BCUT2D eigenvalue weighted by molar-refractivity contribution is 9.10. The van der Waals surface area contributed by atoms with E-state index in [4.69, 9.17) is 0 Å². The van der Waals surface area contributed by atoms with Crippen LogP contribution in [0.15, 0.2) is 34.8 Å². The molecule has 0 heterocycles. The first kappa shape index (κ1) is 14.7. The highest BCUT2D eigenvalue weighted by atomic mass is 79.9. The Balaban J connectivity index is 2.56. The SMILES string of the molecule is Cc1cc(C)c(C(Br)c2cccc(Br)c2F)c(C)c1. The maximum absolute atomic E-state index is 14.2. The molecule has 0 fully saturated rings. The van der Waals surface area contributed by atoms with Crippen molar-refractivity contribution < 1.29 is 4.39 Å². The molecule has 0 radical (unpaired) electrons. The highest BCUT2D eigenvalue weighted by Gasteiger charge is 2.20. The summed E-state index contributed by atoms with van der Waals surface area (Å²) in [5.74, 6) is -0.205. The molecule has 2 aromatic carbocycles. The summed E-state index contributed by atoms with van der Waals surface area (Å²) >= 11 is 6.88. The minimum atomic E-state index is -0.205. The first-order valence-corrected chi connectivity index (χ1v) is 7.78. The maximum Gasteiger partial charge on any atom is 0.142 e. The molecule has 0 saturated heterocycles. The van der Waals surface area contributed by atoms with E-state index in [1.807, 2.05) is 12.1 Å². The summed E-state index contributed by atoms with van der Waals surface area (Å²) in [7, 11) is 0. The van der Waals surface area contributed by atoms with Crippen molar-refractivity contribution >= 4 is 31.9 Å². The zero-order valence-corrected chi connectivity index (χ0v) is 14.3. The summed E-state index contributed by atoms with van der Waals surface area (Å²) in [6.45, 7) is 6.21. The minimum Gasteiger partial charge on any atom is -0.205 e. The predicted molar refractivity (Wildman–Crippen MR) is 85.5 cm³/mol. The van der Waals surface area contributed by atoms with Crippen molar-refractivity contribution in [3.05, 3.63) is 68.4 Å². The third-order valence-corrected chi connectivity index (χ3v) is 4.81. The number of hydrogen-bond donors (Lipinski definition) is 0. The van der Waals surface area contributed by atoms with Crippen LogP contribution >= 0.6 is 31.9 Å². The second-order valence-electron chi connectivity index (χ2n) is 4.82. The van der Waals surface area contributed by atoms with Crippen LogP contribution in [0.1, 0.15) is 32.6 Å². The third-order valence-electron chi connectivity index (χ3n) is 3.25. The third kappa shape index (κ3) is 2.92. The molecule has 0 nitrogen and oxygen atoms in total. The van der Waals surface area contributed by atoms with Crippen molar-refractivity contribution in [3.8, 4) is 0 Å². The van der Waals surface area contributed by atoms with Crippen LogP contribution in [-0.2, 0) is 0 Å². The standard InChI is InChI=1S/C16H15Br2F/c1-9-7-10(2)14(11(3)8-9)15(18)12-5-4-6-13(17)16(12)19/h4-8,15H,1-3H3. The van der Waals surface area contributed by atoms with E-state index < -0.39 is 0 Å². The number of alkyl halides is 1. The van der Waals surface area contributed by atoms with Gasteiger partial charge in [-0.25, -0.2) is 4.39 Å². The van der Waals surface area contributed by atoms with Gasteiger partial charge in [-0.3, -0.25) is 0 Å². The van der Waals surface area contributed by atoms with Gasteiger partial charge in [0.2, 0.25) is 0 Å². The highest BCUT2D eigenvalue weighted by Crippen LogP contribution is 2.38. The Morgan fingerprint density at radius 2 is 1.63 bits per heavy atom. The molecule has 0 N–H and O–H groups in total. The Kier molecular flexibility index (Phi) is 4.46. The first-order chi connectivity index (χ1) is 8.91. The fraction of sp³-hybridized carbons (Fsp3) is 0.250. The number of aryl methyl sites for hydroxylation is 3. The summed E-state index contributed by atoms with van der Waals surface area (Å²) < 4.78 is 14.7. The summed E-state index contributed by atoms with van der Waals surface area (Å²) in [4.78, 5) is -0.134. The van der Waals surface area contributed by atoms with Crippen LogP contribution in [0.4, 0.5) is 4.39 Å². The molecule has 19 heavy (non-hydrogen) atoms. The van der Waals surface area contributed by atoms with Crippen molar-refractivity contribution in [3.63, 3.8) is 0 Å². The average Bonchev–Trinajstić information content (AvgIpc) is 2.31. The van der Waals surface area contributed by atoms with Gasteiger partial charge >= 0.3 is 0 Å². The lowest BCUT2D eigenvalue weighted by Gasteiger charge is -2.18. The van der Waals surface area contributed by atoms with Gasteiger partial charge in [0.05, 0.1) is 9.30 Å². The lowest BCUT2D eigenvalue weighted by atomic mass is 9.94. The zero-order chi connectivity index (χ0) is 14.2. The van der Waals surface area contributed by atoms with Crippen molar-refractivity contribution in [2.75, 3.05) is 0 Å². The van der Waals surface area contributed by atoms with Crippen molar-refractivity contribution in [1.29, 1.82) is 0 Å². The second kappa shape index (κ2) is 5.76. The van der Waals surface area contributed by atoms with Gasteiger partial charge < -0.3 is 0 Å². The summed E-state index contributed by atoms with van der Waals surface area (Å²) in [6.07, 6.45) is 0. The van der Waals surface area contributed by atoms with E-state index in [-0.39, 0.29) is 10.6 Å². The van der Waals surface area contributed by atoms with Crippen LogP contribution in [0.5, 0.6) is 0 Å². The largest absolute Gasteiger partial charge is 0.205 e. The average molecular weight is 386 g/mol. The predicted octanol–water partition coefficient (Wildman–Crippen LogP) is 6.00. The second-order valence-corrected chi connectivity index (χ2v) is 6.59. The Bertz CT molecular complexity index is 597. The van der Waals surface area contributed by atoms with Gasteiger partial charge in [-0.05, 0) is 59.5 Å². The molecule has 0 aromatic heterocycles. The van der Waals surface area contributed by atoms with E-state index in [0.29, 0.717) is 10.0 Å². The molecule has 0 amide bonds. The van der Waals surface area contributed by atoms with Crippen LogP contribution in [0, 0.1) is 26.6 Å². The molecule has 100 valence electrons. The Labute approximate surface area is 130 Å². The topological polar surface area (TPSA) is 0 Å². The Hall–Kier alpha value is -0.670. The van der Waals surface area contributed by atoms with Gasteiger partial charge in [-0.1, -0.05) is 45.8 Å². The molecule has 0 bridgehead atoms. The molecule has 0 aliphatic heterocycles. The van der Waals surface area contributed by atoms with Gasteiger partial charge in [-0.2, -0.15) is 0 Å². The molecule has 2 aromatic rings. The van der Waals surface area contributed by atoms with E-state index in [0.717, 1.165) is 5.56 Å². The lowest BCUT2D eigenvalue weighted by Crippen LogP contribution is -2.02. The molecule has 2 rings (SSSR count). The number of hydrogen-bond acceptors (Lipinski definition) is 0. The van der Waals surface area contributed by atoms with Crippen LogP contribution in [0.2, 0.25) is 0 Å². The van der Waals surface area contributed by atoms with Crippen molar-refractivity contribution in [2.24, 2.45) is 0 Å². The summed E-state index contributed by atoms with van der Waals surface area (Å²) in [5.41, 5.74) is 5.39. The summed E-state index contributed by atoms with van der Waals surface area (Å²) in [6, 6.07) is 9.65. The summed E-state index contributed by atoms with van der Waals surface area (Å²) in [5, 5.41) is 0. The number of rotatable bonds is 2. The fourth-order valence-corrected chi connectivity index (χ4v) is 3.92. The van der Waals surface area contributed by atoms with Crippen LogP contribution in [0.3, 0.4) is 0 Å². The van der Waals surface area contributed by atoms with E-state index in [9.17, 15) is 4.39 Å². The first-order valence-electron chi connectivity index (χ1n) is 6.07. The molecule has 0 aliphatic rings. The van der Waals surface area contributed by atoms with Gasteiger partial charge in [0.1, 0.15) is 5.82 Å². The number of halogens is 3. The minimum absolute atomic E-state index is 0.134. The van der Waals surface area contributed by atoms with E-state index in [2.05, 4.69) is 64.8 Å². The molecule has 0 saturated carbocycles. The van der Waals surface area contributed by atoms with Crippen LogP contribution < -0.4 is 0 Å². The van der Waals surface area contributed by atoms with Crippen LogP contribution in [0.25, 0.3) is 0 Å². The smallest absolute Gasteiger partial charge is 0.142 e. The van der Waals surface area contributed by atoms with Gasteiger partial charge in [0.15, 0.2) is 0 Å². The lowest BCUT2D eigenvalue weighted by molar-refractivity contribution is 0.606. The Morgan fingerprint density at radius 3 is 2.21 bits per heavy atom. The van der Waals surface area contributed by atoms with Crippen LogP contribution in [-0.4, -0.2) is 0 Å². The van der Waals surface area contributed by atoms with Gasteiger partial charge in [0.25, 0.3) is 0 Å². The van der Waals surface area contributed by atoms with E-state index in [1.165, 1.54) is 16.7 Å². The Morgan fingerprint density at radius 1 is 1.05 bits per heavy atom. The van der Waals surface area contributed by atoms with E-state index >= 15 is 0 Å². The molecular formula is C16H15Br2F. The zero-order valence-electron chi connectivity index (χ0n) is 11.1. The molecule has 1 unspecified atom stereocenters. The van der Waals surface area contributed by atoms with Gasteiger partial charge in [-0.15, -0.1) is 0 Å².